The van der Waals surface area contributed by atoms with Gasteiger partial charge in [-0.15, -0.1) is 12.4 Å². The molecule has 0 aromatic heterocycles. The Kier molecular flexibility index (Phi) is 25.4. The van der Waals surface area contributed by atoms with Gasteiger partial charge in [0.1, 0.15) is 30.9 Å². The number of carbonyl (C=O) groups excluding carboxylic acids is 5. The summed E-state index contributed by atoms with van der Waals surface area (Å²) in [6.07, 6.45) is 6.75. The minimum absolute atomic E-state index is 0. The molecule has 0 unspecified atom stereocenters. The van der Waals surface area contributed by atoms with Crippen molar-refractivity contribution >= 4 is 54.0 Å². The Morgan fingerprint density at radius 2 is 1.03 bits per heavy atom. The summed E-state index contributed by atoms with van der Waals surface area (Å²) >= 11 is 0. The fourth-order valence-electron chi connectivity index (χ4n) is 7.16. The van der Waals surface area contributed by atoms with Crippen molar-refractivity contribution < 1.29 is 48.4 Å². The van der Waals surface area contributed by atoms with E-state index in [1.807, 2.05) is 12.2 Å². The summed E-state index contributed by atoms with van der Waals surface area (Å²) in [6.45, 7) is 12.3. The van der Waals surface area contributed by atoms with Crippen LogP contribution in [0.25, 0.3) is 12.2 Å². The lowest BCUT2D eigenvalue weighted by Gasteiger charge is -2.26. The molecule has 0 saturated carbocycles. The first kappa shape index (κ1) is 59.6. The predicted octanol–water partition coefficient (Wildman–Crippen LogP) is 4.39. The van der Waals surface area contributed by atoms with Crippen LogP contribution in [0.2, 0.25) is 0 Å². The SMILES string of the molecule is CC(C)(C)OC(=O)NC[C@H](NC(=O)c1ccc(C#C/C=C/c2ccc(CN3CCOCC3)cc2)cc1)C(=O)CO.Cl.NC[C@H](NC(=O)c1ccc(C#C/C=C/c2ccc(CN3CCOCC3)cc2)cc1)C(=O)CO. The molecule has 2 atom stereocenters. The minimum Gasteiger partial charge on any atom is -0.444 e. The maximum Gasteiger partial charge on any atom is 0.407 e. The normalized spacial score (nSPS) is 14.6. The van der Waals surface area contributed by atoms with Crippen molar-refractivity contribution in [1.82, 2.24) is 25.8 Å². The summed E-state index contributed by atoms with van der Waals surface area (Å²) in [4.78, 5) is 65.2. The number of ether oxygens (including phenoxy) is 3. The van der Waals surface area contributed by atoms with E-state index in [-0.39, 0.29) is 25.5 Å². The van der Waals surface area contributed by atoms with Gasteiger partial charge in [0.2, 0.25) is 0 Å². The summed E-state index contributed by atoms with van der Waals surface area (Å²) in [5.74, 6) is 9.96. The van der Waals surface area contributed by atoms with E-state index in [2.05, 4.69) is 98.0 Å². The number of ketones is 2. The first-order valence-electron chi connectivity index (χ1n) is 24.1. The number of hydrogen-bond acceptors (Lipinski definition) is 13. The molecule has 2 aliphatic heterocycles. The smallest absolute Gasteiger partial charge is 0.407 e. The summed E-state index contributed by atoms with van der Waals surface area (Å²) in [5, 5.41) is 25.7. The second-order valence-corrected chi connectivity index (χ2v) is 18.0. The Labute approximate surface area is 440 Å². The number of halogens is 1. The molecule has 6 rings (SSSR count). The number of hydrogen-bond donors (Lipinski definition) is 6. The molecule has 392 valence electrons. The van der Waals surface area contributed by atoms with Gasteiger partial charge >= 0.3 is 6.09 Å². The molecule has 16 nitrogen and oxygen atoms in total. The highest BCUT2D eigenvalue weighted by Gasteiger charge is 2.24. The topological polar surface area (TPSA) is 222 Å². The fourth-order valence-corrected chi connectivity index (χ4v) is 7.16. The third-order valence-electron chi connectivity index (χ3n) is 11.2. The molecule has 0 aliphatic carbocycles. The molecular formula is C57H67ClN6O10. The Hall–Kier alpha value is -6.96. The highest BCUT2D eigenvalue weighted by molar-refractivity contribution is 5.99. The average Bonchev–Trinajstić information content (AvgIpc) is 3.40. The molecule has 4 aromatic rings. The number of aliphatic hydroxyl groups is 2. The standard InChI is InChI=1S/C31H37N3O6.C26H29N3O4.ClH/c1-31(2,3)40-30(38)32-20-27(28(36)22-35)33-29(37)26-14-12-24(13-15-26)7-5-4-6-23-8-10-25(11-9-23)21-34-16-18-39-19-17-34;27-17-24(25(31)19-30)28-26(32)23-11-9-21(10-12-23)4-2-1-3-20-5-7-22(8-6-20)18-29-13-15-33-16-14-29;/h4,6,8-15,27,35H,16-22H2,1-3H3,(H,32,38)(H,33,37);1,3,5-12,24,30H,13-19,27H2,(H,28,32);1H/b6-4+;3-1+;/t27-;24-;/m00./s1. The van der Waals surface area contributed by atoms with Gasteiger partial charge in [-0.1, -0.05) is 72.2 Å². The molecule has 7 N–H and O–H groups in total. The second-order valence-electron chi connectivity index (χ2n) is 18.0. The summed E-state index contributed by atoms with van der Waals surface area (Å²) in [7, 11) is 0. The van der Waals surface area contributed by atoms with Crippen LogP contribution in [0.15, 0.2) is 109 Å². The Balaban J connectivity index is 0.000000322. The molecule has 2 saturated heterocycles. The zero-order chi connectivity index (χ0) is 52.4. The highest BCUT2D eigenvalue weighted by atomic mass is 35.5. The molecule has 4 aromatic carbocycles. The maximum absolute atomic E-state index is 12.7. The molecule has 0 bridgehead atoms. The number of morpholine rings is 2. The van der Waals surface area contributed by atoms with Gasteiger partial charge < -0.3 is 46.1 Å². The van der Waals surface area contributed by atoms with E-state index in [0.717, 1.165) is 87.9 Å². The van der Waals surface area contributed by atoms with E-state index < -0.39 is 60.4 Å². The van der Waals surface area contributed by atoms with Crippen LogP contribution in [0.4, 0.5) is 4.79 Å². The first-order valence-corrected chi connectivity index (χ1v) is 24.1. The van der Waals surface area contributed by atoms with Crippen molar-refractivity contribution in [3.63, 3.8) is 0 Å². The van der Waals surface area contributed by atoms with Crippen LogP contribution in [0.1, 0.15) is 74.9 Å². The number of alkyl carbamates (subject to hydrolysis) is 1. The van der Waals surface area contributed by atoms with Crippen molar-refractivity contribution in [3.05, 3.63) is 154 Å². The molecule has 17 heteroatoms. The zero-order valence-corrected chi connectivity index (χ0v) is 43.0. The third-order valence-corrected chi connectivity index (χ3v) is 11.2. The fraction of sp³-hybridized carbons (Fsp3) is 0.351. The number of nitrogens with zero attached hydrogens (tertiary/aromatic N) is 2. The van der Waals surface area contributed by atoms with Crippen LogP contribution >= 0.6 is 12.4 Å². The van der Waals surface area contributed by atoms with Crippen LogP contribution in [0.3, 0.4) is 0 Å². The molecule has 74 heavy (non-hydrogen) atoms. The van der Waals surface area contributed by atoms with Gasteiger partial charge in [0, 0.05) is 74.6 Å². The van der Waals surface area contributed by atoms with Crippen LogP contribution in [-0.2, 0) is 36.9 Å². The number of carbonyl (C=O) groups is 5. The molecule has 2 heterocycles. The predicted molar refractivity (Wildman–Crippen MR) is 287 cm³/mol. The monoisotopic (exact) mass is 1030 g/mol. The molecular weight excluding hydrogens is 964 g/mol. The van der Waals surface area contributed by atoms with Crippen molar-refractivity contribution in [1.29, 1.82) is 0 Å². The van der Waals surface area contributed by atoms with E-state index in [0.29, 0.717) is 11.1 Å². The van der Waals surface area contributed by atoms with Crippen molar-refractivity contribution in [2.45, 2.75) is 51.5 Å². The van der Waals surface area contributed by atoms with E-state index in [1.165, 1.54) is 11.1 Å². The third kappa shape index (κ3) is 21.6. The molecule has 0 radical (unpaired) electrons. The van der Waals surface area contributed by atoms with E-state index in [4.69, 9.17) is 25.1 Å². The van der Waals surface area contributed by atoms with Crippen LogP contribution < -0.4 is 21.7 Å². The van der Waals surface area contributed by atoms with Gasteiger partial charge in [0.15, 0.2) is 11.6 Å². The van der Waals surface area contributed by atoms with Gasteiger partial charge in [0.25, 0.3) is 11.8 Å². The maximum atomic E-state index is 12.7. The number of Topliss-reactive ketones (excluding diaryl/α,β-unsaturated/α-hetero) is 2. The van der Waals surface area contributed by atoms with Crippen molar-refractivity contribution in [2.75, 3.05) is 78.9 Å². The summed E-state index contributed by atoms with van der Waals surface area (Å²) < 4.78 is 15.9. The number of aliphatic hydroxyl groups excluding tert-OH is 2. The minimum atomic E-state index is -1.11. The van der Waals surface area contributed by atoms with E-state index in [9.17, 15) is 29.1 Å². The van der Waals surface area contributed by atoms with Gasteiger partial charge in [-0.3, -0.25) is 29.0 Å². The highest BCUT2D eigenvalue weighted by Crippen LogP contribution is 2.13. The van der Waals surface area contributed by atoms with Gasteiger partial charge in [-0.2, -0.15) is 0 Å². The quantitative estimate of drug-likeness (QED) is 0.0810. The van der Waals surface area contributed by atoms with Crippen molar-refractivity contribution in [3.8, 4) is 23.7 Å². The number of nitrogens with one attached hydrogen (secondary N) is 3. The van der Waals surface area contributed by atoms with Crippen LogP contribution in [-0.4, -0.2) is 146 Å². The first-order chi connectivity index (χ1) is 35.2. The average molecular weight is 1030 g/mol. The Morgan fingerprint density at radius 1 is 0.635 bits per heavy atom. The van der Waals surface area contributed by atoms with E-state index in [1.54, 1.807) is 81.5 Å². The number of amides is 3. The Morgan fingerprint density at radius 3 is 1.41 bits per heavy atom. The largest absolute Gasteiger partial charge is 0.444 e. The lowest BCUT2D eigenvalue weighted by molar-refractivity contribution is -0.124. The van der Waals surface area contributed by atoms with Gasteiger partial charge in [0.05, 0.1) is 26.4 Å². The van der Waals surface area contributed by atoms with Crippen LogP contribution in [0.5, 0.6) is 0 Å². The zero-order valence-electron chi connectivity index (χ0n) is 42.1. The molecule has 2 fully saturated rings. The van der Waals surface area contributed by atoms with Crippen molar-refractivity contribution in [2.24, 2.45) is 5.73 Å². The number of allylic oxidation sites excluding steroid dienone is 2. The van der Waals surface area contributed by atoms with Gasteiger partial charge in [-0.05, 0) is 116 Å². The lowest BCUT2D eigenvalue weighted by atomic mass is 10.1. The summed E-state index contributed by atoms with van der Waals surface area (Å²) in [5.41, 5.74) is 11.6. The Bertz CT molecular complexity index is 2620. The molecule has 3 amide bonds. The lowest BCUT2D eigenvalue weighted by Crippen LogP contribution is -2.50. The number of rotatable bonds is 17. The van der Waals surface area contributed by atoms with E-state index >= 15 is 0 Å². The molecule has 2 aliphatic rings. The second kappa shape index (κ2) is 31.6. The van der Waals surface area contributed by atoms with Gasteiger partial charge in [-0.25, -0.2) is 4.79 Å². The molecule has 0 spiro atoms. The number of nitrogens with two attached hydrogens (primary N) is 1. The number of benzene rings is 4. The summed E-state index contributed by atoms with van der Waals surface area (Å²) in [6, 6.07) is 28.1. The van der Waals surface area contributed by atoms with Crippen LogP contribution in [0, 0.1) is 23.7 Å².